The Balaban J connectivity index is 2.32. The molecule has 2 aromatic carbocycles. The van der Waals surface area contributed by atoms with E-state index in [0.717, 1.165) is 16.3 Å². The van der Waals surface area contributed by atoms with E-state index in [2.05, 4.69) is 0 Å². The Morgan fingerprint density at radius 1 is 1.25 bits per heavy atom. The van der Waals surface area contributed by atoms with Gasteiger partial charge in [0.2, 0.25) is 0 Å². The zero-order valence-electron chi connectivity index (χ0n) is 11.8. The Morgan fingerprint density at radius 2 is 2.00 bits per heavy atom. The number of ether oxygens (including phenoxy) is 2. The maximum atomic E-state index is 11.6. The van der Waals surface area contributed by atoms with Gasteiger partial charge in [-0.3, -0.25) is 0 Å². The van der Waals surface area contributed by atoms with Crippen molar-refractivity contribution >= 4 is 16.7 Å². The second-order valence-corrected chi connectivity index (χ2v) is 4.48. The summed E-state index contributed by atoms with van der Waals surface area (Å²) >= 11 is 0. The monoisotopic (exact) mass is 273 g/mol. The first-order chi connectivity index (χ1) is 9.67. The van der Waals surface area contributed by atoms with E-state index in [9.17, 15) is 4.79 Å². The first-order valence-electron chi connectivity index (χ1n) is 6.71. The summed E-state index contributed by atoms with van der Waals surface area (Å²) in [6, 6.07) is 11.8. The Labute approximate surface area is 118 Å². The molecule has 0 bridgehead atoms. The minimum absolute atomic E-state index is 0.341. The average Bonchev–Trinajstić information content (AvgIpc) is 2.47. The summed E-state index contributed by atoms with van der Waals surface area (Å²) < 4.78 is 10.6. The number of rotatable bonds is 5. The van der Waals surface area contributed by atoms with E-state index in [1.54, 1.807) is 13.8 Å². The van der Waals surface area contributed by atoms with Crippen molar-refractivity contribution in [3.8, 4) is 5.75 Å². The highest BCUT2D eigenvalue weighted by Crippen LogP contribution is 2.28. The molecular weight excluding hydrogens is 254 g/mol. The van der Waals surface area contributed by atoms with Crippen LogP contribution in [0, 0.1) is 0 Å². The van der Waals surface area contributed by atoms with Crippen LogP contribution in [0.1, 0.15) is 19.4 Å². The lowest BCUT2D eigenvalue weighted by atomic mass is 10.0. The van der Waals surface area contributed by atoms with Gasteiger partial charge in [-0.1, -0.05) is 30.3 Å². The van der Waals surface area contributed by atoms with Crippen molar-refractivity contribution in [1.29, 1.82) is 0 Å². The van der Waals surface area contributed by atoms with Crippen molar-refractivity contribution in [3.63, 3.8) is 0 Å². The molecule has 0 saturated carbocycles. The maximum Gasteiger partial charge on any atom is 0.347 e. The molecule has 4 nitrogen and oxygen atoms in total. The molecule has 2 aromatic rings. The highest BCUT2D eigenvalue weighted by molar-refractivity contribution is 5.88. The Bertz CT molecular complexity index is 610. The summed E-state index contributed by atoms with van der Waals surface area (Å²) in [6.07, 6.45) is -0.651. The fourth-order valence-corrected chi connectivity index (χ4v) is 2.14. The van der Waals surface area contributed by atoms with E-state index in [1.165, 1.54) is 0 Å². The molecule has 0 radical (unpaired) electrons. The molecule has 0 fully saturated rings. The van der Waals surface area contributed by atoms with Crippen molar-refractivity contribution in [2.45, 2.75) is 26.5 Å². The molecule has 0 aromatic heterocycles. The number of carbonyl (C=O) groups excluding carboxylic acids is 1. The van der Waals surface area contributed by atoms with Crippen molar-refractivity contribution < 1.29 is 14.3 Å². The normalized spacial score (nSPS) is 12.2. The summed E-state index contributed by atoms with van der Waals surface area (Å²) in [5, 5.41) is 2.15. The Kier molecular flexibility index (Phi) is 4.58. The van der Waals surface area contributed by atoms with Crippen LogP contribution in [0.2, 0.25) is 0 Å². The van der Waals surface area contributed by atoms with Crippen LogP contribution in [0.5, 0.6) is 5.75 Å². The van der Waals surface area contributed by atoms with Gasteiger partial charge in [-0.25, -0.2) is 4.79 Å². The van der Waals surface area contributed by atoms with Gasteiger partial charge >= 0.3 is 5.97 Å². The van der Waals surface area contributed by atoms with Gasteiger partial charge in [-0.05, 0) is 30.7 Å². The zero-order chi connectivity index (χ0) is 14.5. The predicted octanol–water partition coefficient (Wildman–Crippen LogP) is 2.63. The number of hydrogen-bond donors (Lipinski definition) is 1. The van der Waals surface area contributed by atoms with Gasteiger partial charge in [-0.2, -0.15) is 0 Å². The molecule has 0 aliphatic rings. The molecule has 20 heavy (non-hydrogen) atoms. The minimum Gasteiger partial charge on any atom is -0.479 e. The van der Waals surface area contributed by atoms with Gasteiger partial charge in [0, 0.05) is 12.1 Å². The van der Waals surface area contributed by atoms with Crippen molar-refractivity contribution in [3.05, 3.63) is 42.0 Å². The van der Waals surface area contributed by atoms with Crippen LogP contribution in [-0.4, -0.2) is 18.7 Å². The van der Waals surface area contributed by atoms with E-state index in [4.69, 9.17) is 15.2 Å². The van der Waals surface area contributed by atoms with E-state index in [-0.39, 0.29) is 5.97 Å². The lowest BCUT2D eigenvalue weighted by Crippen LogP contribution is -2.26. The molecule has 0 saturated heterocycles. The predicted molar refractivity (Wildman–Crippen MR) is 78.6 cm³/mol. The topological polar surface area (TPSA) is 61.5 Å². The number of fused-ring (bicyclic) bond motifs is 1. The molecule has 1 atom stereocenters. The molecule has 0 aliphatic heterocycles. The first-order valence-corrected chi connectivity index (χ1v) is 6.71. The number of carbonyl (C=O) groups is 1. The van der Waals surface area contributed by atoms with Gasteiger partial charge in [0.05, 0.1) is 6.61 Å². The second kappa shape index (κ2) is 6.39. The van der Waals surface area contributed by atoms with Gasteiger partial charge in [0.15, 0.2) is 6.10 Å². The van der Waals surface area contributed by atoms with Crippen LogP contribution >= 0.6 is 0 Å². The summed E-state index contributed by atoms with van der Waals surface area (Å²) in [5.74, 6) is 0.260. The largest absolute Gasteiger partial charge is 0.479 e. The fourth-order valence-electron chi connectivity index (χ4n) is 2.14. The molecular formula is C16H19NO3. The smallest absolute Gasteiger partial charge is 0.347 e. The highest BCUT2D eigenvalue weighted by atomic mass is 16.6. The van der Waals surface area contributed by atoms with E-state index in [1.807, 2.05) is 36.4 Å². The van der Waals surface area contributed by atoms with Crippen LogP contribution in [-0.2, 0) is 16.1 Å². The Hall–Kier alpha value is -2.07. The standard InChI is InChI=1S/C16H19NO3/c1-3-19-16(18)11(2)20-15-9-8-12-6-4-5-7-13(12)14(15)10-17/h4-9,11H,3,10,17H2,1-2H3. The summed E-state index contributed by atoms with van der Waals surface area (Å²) in [6.45, 7) is 4.14. The van der Waals surface area contributed by atoms with E-state index >= 15 is 0 Å². The molecule has 2 rings (SSSR count). The minimum atomic E-state index is -0.651. The van der Waals surface area contributed by atoms with Crippen LogP contribution in [0.3, 0.4) is 0 Å². The van der Waals surface area contributed by atoms with Crippen LogP contribution in [0.15, 0.2) is 36.4 Å². The maximum absolute atomic E-state index is 11.6. The summed E-state index contributed by atoms with van der Waals surface area (Å²) in [5.41, 5.74) is 6.73. The first kappa shape index (κ1) is 14.3. The highest BCUT2D eigenvalue weighted by Gasteiger charge is 2.18. The summed E-state index contributed by atoms with van der Waals surface area (Å²) in [4.78, 5) is 11.6. The molecule has 1 unspecified atom stereocenters. The quantitative estimate of drug-likeness (QED) is 0.851. The van der Waals surface area contributed by atoms with Gasteiger partial charge < -0.3 is 15.2 Å². The van der Waals surface area contributed by atoms with Crippen LogP contribution < -0.4 is 10.5 Å². The molecule has 0 spiro atoms. The summed E-state index contributed by atoms with van der Waals surface area (Å²) in [7, 11) is 0. The lowest BCUT2D eigenvalue weighted by molar-refractivity contribution is -0.150. The second-order valence-electron chi connectivity index (χ2n) is 4.48. The van der Waals surface area contributed by atoms with E-state index in [0.29, 0.717) is 18.9 Å². The Morgan fingerprint density at radius 3 is 2.70 bits per heavy atom. The molecule has 0 aliphatic carbocycles. The molecule has 0 amide bonds. The third-order valence-corrected chi connectivity index (χ3v) is 3.12. The van der Waals surface area contributed by atoms with Crippen LogP contribution in [0.25, 0.3) is 10.8 Å². The SMILES string of the molecule is CCOC(=O)C(C)Oc1ccc2ccccc2c1CN. The fraction of sp³-hybridized carbons (Fsp3) is 0.312. The molecule has 0 heterocycles. The average molecular weight is 273 g/mol. The third-order valence-electron chi connectivity index (χ3n) is 3.12. The molecule has 2 N–H and O–H groups in total. The number of esters is 1. The van der Waals surface area contributed by atoms with Gasteiger partial charge in [0.25, 0.3) is 0 Å². The number of nitrogens with two attached hydrogens (primary N) is 1. The van der Waals surface area contributed by atoms with Crippen molar-refractivity contribution in [2.24, 2.45) is 5.73 Å². The molecule has 4 heteroatoms. The zero-order valence-corrected chi connectivity index (χ0v) is 11.8. The number of benzene rings is 2. The number of hydrogen-bond acceptors (Lipinski definition) is 4. The van der Waals surface area contributed by atoms with Crippen LogP contribution in [0.4, 0.5) is 0 Å². The third kappa shape index (κ3) is 2.91. The van der Waals surface area contributed by atoms with Gasteiger partial charge in [-0.15, -0.1) is 0 Å². The van der Waals surface area contributed by atoms with Crippen molar-refractivity contribution in [1.82, 2.24) is 0 Å². The van der Waals surface area contributed by atoms with Crippen molar-refractivity contribution in [2.75, 3.05) is 6.61 Å². The molecule has 106 valence electrons. The van der Waals surface area contributed by atoms with Gasteiger partial charge in [0.1, 0.15) is 5.75 Å². The lowest BCUT2D eigenvalue weighted by Gasteiger charge is -2.17. The van der Waals surface area contributed by atoms with E-state index < -0.39 is 6.10 Å².